The van der Waals surface area contributed by atoms with Crippen molar-refractivity contribution in [2.24, 2.45) is 0 Å². The van der Waals surface area contributed by atoms with Crippen LogP contribution in [0.1, 0.15) is 49.4 Å². The third-order valence-corrected chi connectivity index (χ3v) is 5.12. The number of fused-ring (bicyclic) bond motifs is 1. The monoisotopic (exact) mass is 317 g/mol. The summed E-state index contributed by atoms with van der Waals surface area (Å²) in [4.78, 5) is 16.8. The van der Waals surface area contributed by atoms with Crippen molar-refractivity contribution < 1.29 is 9.90 Å². The van der Waals surface area contributed by atoms with Crippen LogP contribution < -0.4 is 0 Å². The van der Waals surface area contributed by atoms with Gasteiger partial charge in [-0.3, -0.25) is 9.78 Å². The zero-order valence-electron chi connectivity index (χ0n) is 13.6. The molecule has 118 valence electrons. The molecule has 0 saturated carbocycles. The van der Waals surface area contributed by atoms with Crippen LogP contribution in [0.2, 0.25) is 0 Å². The Morgan fingerprint density at radius 3 is 2.73 bits per heavy atom. The second-order valence-corrected chi connectivity index (χ2v) is 6.87. The van der Waals surface area contributed by atoms with Crippen LogP contribution in [0.4, 0.5) is 0 Å². The Kier molecular flexibility index (Phi) is 5.46. The molecule has 1 aromatic carbocycles. The zero-order valence-corrected chi connectivity index (χ0v) is 14.5. The Morgan fingerprint density at radius 2 is 2.09 bits per heavy atom. The number of aliphatic carboxylic acids is 1. The van der Waals surface area contributed by atoms with Crippen LogP contribution >= 0.6 is 11.8 Å². The lowest BCUT2D eigenvalue weighted by molar-refractivity contribution is -0.136. The average Bonchev–Trinajstić information content (AvgIpc) is 2.46. The molecule has 2 rings (SSSR count). The number of carboxylic acid groups (broad SMARTS) is 1. The maximum absolute atomic E-state index is 10.8. The number of carbonyl (C=O) groups is 1. The molecule has 0 bridgehead atoms. The first-order chi connectivity index (χ1) is 10.4. The minimum atomic E-state index is -0.746. The van der Waals surface area contributed by atoms with Gasteiger partial charge in [-0.05, 0) is 43.9 Å². The van der Waals surface area contributed by atoms with E-state index in [4.69, 9.17) is 10.1 Å². The molecule has 1 atom stereocenters. The topological polar surface area (TPSA) is 50.2 Å². The normalized spacial score (nSPS) is 12.5. The fourth-order valence-electron chi connectivity index (χ4n) is 2.66. The fourth-order valence-corrected chi connectivity index (χ4v) is 3.96. The van der Waals surface area contributed by atoms with Crippen LogP contribution in [0.3, 0.4) is 0 Å². The third kappa shape index (κ3) is 3.61. The summed E-state index contributed by atoms with van der Waals surface area (Å²) in [6.45, 7) is 8.53. The van der Waals surface area contributed by atoms with Gasteiger partial charge in [0.2, 0.25) is 0 Å². The van der Waals surface area contributed by atoms with Crippen molar-refractivity contribution in [2.45, 2.75) is 51.3 Å². The van der Waals surface area contributed by atoms with Gasteiger partial charge < -0.3 is 5.11 Å². The van der Waals surface area contributed by atoms with Crippen LogP contribution in [0.25, 0.3) is 10.9 Å². The molecular formula is C18H23NO2S. The summed E-state index contributed by atoms with van der Waals surface area (Å²) in [6.07, 6.45) is 1.23. The molecule has 1 heterocycles. The Balaban J connectivity index is 2.58. The van der Waals surface area contributed by atoms with E-state index in [0.717, 1.165) is 23.0 Å². The van der Waals surface area contributed by atoms with Gasteiger partial charge in [0.1, 0.15) is 0 Å². The van der Waals surface area contributed by atoms with E-state index in [9.17, 15) is 4.79 Å². The van der Waals surface area contributed by atoms with Crippen LogP contribution in [0, 0.1) is 13.8 Å². The molecule has 0 aliphatic rings. The van der Waals surface area contributed by atoms with Crippen LogP contribution in [0.5, 0.6) is 0 Å². The second-order valence-electron chi connectivity index (χ2n) is 5.76. The molecule has 3 nitrogen and oxygen atoms in total. The molecule has 0 radical (unpaired) electrons. The fraction of sp³-hybridized carbons (Fsp3) is 0.444. The van der Waals surface area contributed by atoms with E-state index in [2.05, 4.69) is 45.9 Å². The molecule has 0 amide bonds. The van der Waals surface area contributed by atoms with E-state index in [1.165, 1.54) is 16.0 Å². The molecule has 0 spiro atoms. The molecule has 4 heteroatoms. The lowest BCUT2D eigenvalue weighted by Gasteiger charge is -2.19. The van der Waals surface area contributed by atoms with Crippen molar-refractivity contribution in [3.05, 3.63) is 35.0 Å². The number of rotatable bonds is 6. The van der Waals surface area contributed by atoms with E-state index >= 15 is 0 Å². The van der Waals surface area contributed by atoms with Gasteiger partial charge in [-0.2, -0.15) is 0 Å². The second kappa shape index (κ2) is 7.14. The lowest BCUT2D eigenvalue weighted by atomic mass is 9.95. The van der Waals surface area contributed by atoms with Crippen molar-refractivity contribution in [3.63, 3.8) is 0 Å². The summed E-state index contributed by atoms with van der Waals surface area (Å²) in [5.41, 5.74) is 4.53. The highest BCUT2D eigenvalue weighted by atomic mass is 32.2. The van der Waals surface area contributed by atoms with Crippen LogP contribution in [-0.2, 0) is 4.79 Å². The molecule has 2 aromatic rings. The number of aryl methyl sites for hydroxylation is 2. The Bertz CT molecular complexity index is 697. The zero-order chi connectivity index (χ0) is 16.3. The Morgan fingerprint density at radius 1 is 1.36 bits per heavy atom. The number of hydrogen-bond acceptors (Lipinski definition) is 3. The first kappa shape index (κ1) is 16.8. The highest BCUT2D eigenvalue weighted by Crippen LogP contribution is 2.38. The molecule has 0 aliphatic carbocycles. The summed E-state index contributed by atoms with van der Waals surface area (Å²) in [6, 6.07) is 6.29. The van der Waals surface area contributed by atoms with Crippen molar-refractivity contribution in [2.75, 3.05) is 5.75 Å². The molecule has 1 aromatic heterocycles. The third-order valence-electron chi connectivity index (χ3n) is 3.99. The summed E-state index contributed by atoms with van der Waals surface area (Å²) in [7, 11) is 0. The number of carboxylic acids is 1. The van der Waals surface area contributed by atoms with E-state index in [1.807, 2.05) is 0 Å². The lowest BCUT2D eigenvalue weighted by Crippen LogP contribution is -2.03. The summed E-state index contributed by atoms with van der Waals surface area (Å²) in [5, 5.41) is 10.1. The van der Waals surface area contributed by atoms with Gasteiger partial charge in [0.05, 0.1) is 11.9 Å². The van der Waals surface area contributed by atoms with E-state index in [-0.39, 0.29) is 6.42 Å². The standard InChI is InChI=1S/C18H23NO2S/c1-5-12(3)17-13(4)19-15-7-6-11(2)10-14(15)18(17)22-9-8-16(20)21/h6-7,10,12H,5,8-9H2,1-4H3,(H,20,21). The van der Waals surface area contributed by atoms with Gasteiger partial charge in [0.15, 0.2) is 0 Å². The Hall–Kier alpha value is -1.55. The summed E-state index contributed by atoms with van der Waals surface area (Å²) >= 11 is 1.65. The predicted octanol–water partition coefficient (Wildman–Crippen LogP) is 4.93. The number of hydrogen-bond donors (Lipinski definition) is 1. The number of pyridine rings is 1. The first-order valence-electron chi connectivity index (χ1n) is 7.69. The molecule has 1 N–H and O–H groups in total. The molecule has 22 heavy (non-hydrogen) atoms. The number of thioether (sulfide) groups is 1. The molecule has 1 unspecified atom stereocenters. The van der Waals surface area contributed by atoms with Gasteiger partial charge >= 0.3 is 5.97 Å². The highest BCUT2D eigenvalue weighted by molar-refractivity contribution is 7.99. The average molecular weight is 317 g/mol. The highest BCUT2D eigenvalue weighted by Gasteiger charge is 2.18. The van der Waals surface area contributed by atoms with Crippen molar-refractivity contribution >= 4 is 28.6 Å². The van der Waals surface area contributed by atoms with E-state index in [0.29, 0.717) is 11.7 Å². The van der Waals surface area contributed by atoms with Gasteiger partial charge in [-0.1, -0.05) is 25.5 Å². The van der Waals surface area contributed by atoms with Gasteiger partial charge in [-0.25, -0.2) is 0 Å². The van der Waals surface area contributed by atoms with Crippen molar-refractivity contribution in [1.82, 2.24) is 4.98 Å². The first-order valence-corrected chi connectivity index (χ1v) is 8.68. The minimum Gasteiger partial charge on any atom is -0.481 e. The molecule has 0 saturated heterocycles. The maximum atomic E-state index is 10.8. The van der Waals surface area contributed by atoms with Crippen molar-refractivity contribution in [3.8, 4) is 0 Å². The predicted molar refractivity (Wildman–Crippen MR) is 92.9 cm³/mol. The minimum absolute atomic E-state index is 0.180. The molecular weight excluding hydrogens is 294 g/mol. The van der Waals surface area contributed by atoms with Gasteiger partial charge in [0.25, 0.3) is 0 Å². The molecule has 0 fully saturated rings. The number of benzene rings is 1. The van der Waals surface area contributed by atoms with Crippen LogP contribution in [-0.4, -0.2) is 21.8 Å². The Labute approximate surface area is 136 Å². The summed E-state index contributed by atoms with van der Waals surface area (Å²) < 4.78 is 0. The SMILES string of the molecule is CCC(C)c1c(C)nc2ccc(C)cc2c1SCCC(=O)O. The largest absolute Gasteiger partial charge is 0.481 e. The van der Waals surface area contributed by atoms with E-state index in [1.54, 1.807) is 11.8 Å². The van der Waals surface area contributed by atoms with Crippen molar-refractivity contribution in [1.29, 1.82) is 0 Å². The van der Waals surface area contributed by atoms with E-state index < -0.39 is 5.97 Å². The smallest absolute Gasteiger partial charge is 0.304 e. The quantitative estimate of drug-likeness (QED) is 0.767. The maximum Gasteiger partial charge on any atom is 0.304 e. The number of nitrogens with zero attached hydrogens (tertiary/aromatic N) is 1. The molecule has 0 aliphatic heterocycles. The van der Waals surface area contributed by atoms with Gasteiger partial charge in [-0.15, -0.1) is 11.8 Å². The van der Waals surface area contributed by atoms with Gasteiger partial charge in [0, 0.05) is 21.7 Å². The summed E-state index contributed by atoms with van der Waals surface area (Å²) in [5.74, 6) is 0.263. The van der Waals surface area contributed by atoms with Crippen LogP contribution in [0.15, 0.2) is 23.1 Å². The number of aromatic nitrogens is 1.